The summed E-state index contributed by atoms with van der Waals surface area (Å²) in [6.07, 6.45) is 3.25. The van der Waals surface area contributed by atoms with Gasteiger partial charge in [-0.1, -0.05) is 42.5 Å². The first-order chi connectivity index (χ1) is 24.9. The SMILES string of the molecule is Cl.O=C(c1cc(-c2cc(F)ccc2C(=O)N2Cc3ccccc3C[C@H]2CN2CCOCC2)n2c1CCCC2)N(c1ccccc1)c1ccc(O)cc1. The van der Waals surface area contributed by atoms with E-state index in [2.05, 4.69) is 27.7 Å². The summed E-state index contributed by atoms with van der Waals surface area (Å²) in [5.41, 5.74) is 6.63. The molecule has 52 heavy (non-hydrogen) atoms. The third-order valence-electron chi connectivity index (χ3n) is 10.5. The van der Waals surface area contributed by atoms with Gasteiger partial charge in [0.15, 0.2) is 0 Å². The van der Waals surface area contributed by atoms with Crippen molar-refractivity contribution in [1.29, 1.82) is 0 Å². The summed E-state index contributed by atoms with van der Waals surface area (Å²) < 4.78 is 23.0. The number of para-hydroxylation sites is 1. The predicted molar refractivity (Wildman–Crippen MR) is 202 cm³/mol. The minimum atomic E-state index is -0.440. The number of anilines is 2. The predicted octanol–water partition coefficient (Wildman–Crippen LogP) is 7.64. The quantitative estimate of drug-likeness (QED) is 0.187. The van der Waals surface area contributed by atoms with Gasteiger partial charge in [-0.2, -0.15) is 0 Å². The number of phenolic OH excluding ortho intramolecular Hbond substituents is 1. The van der Waals surface area contributed by atoms with E-state index in [1.165, 1.54) is 17.7 Å². The molecule has 8 nitrogen and oxygen atoms in total. The summed E-state index contributed by atoms with van der Waals surface area (Å²) in [7, 11) is 0. The van der Waals surface area contributed by atoms with Crippen LogP contribution in [0.2, 0.25) is 0 Å². The normalized spacial score (nSPS) is 17.1. The second-order valence-corrected chi connectivity index (χ2v) is 13.7. The van der Waals surface area contributed by atoms with Gasteiger partial charge >= 0.3 is 0 Å². The number of aromatic hydroxyl groups is 1. The van der Waals surface area contributed by atoms with Gasteiger partial charge in [0, 0.05) is 72.7 Å². The van der Waals surface area contributed by atoms with Crippen LogP contribution in [-0.4, -0.2) is 70.2 Å². The van der Waals surface area contributed by atoms with E-state index in [0.29, 0.717) is 66.5 Å². The number of amides is 2. The van der Waals surface area contributed by atoms with Crippen molar-refractivity contribution in [3.8, 4) is 17.0 Å². The van der Waals surface area contributed by atoms with Gasteiger partial charge in [-0.05, 0) is 97.5 Å². The number of rotatable bonds is 7. The van der Waals surface area contributed by atoms with Gasteiger partial charge in [-0.25, -0.2) is 4.39 Å². The Balaban J connectivity index is 0.00000420. The summed E-state index contributed by atoms with van der Waals surface area (Å²) in [5, 5.41) is 10.0. The first-order valence-electron chi connectivity index (χ1n) is 17.8. The number of hydrogen-bond acceptors (Lipinski definition) is 5. The molecule has 0 bridgehead atoms. The lowest BCUT2D eigenvalue weighted by Gasteiger charge is -2.40. The molecule has 1 saturated heterocycles. The molecule has 3 aliphatic rings. The van der Waals surface area contributed by atoms with E-state index in [1.807, 2.05) is 47.4 Å². The topological polar surface area (TPSA) is 78.3 Å². The van der Waals surface area contributed by atoms with Crippen LogP contribution in [0.15, 0.2) is 103 Å². The zero-order valence-corrected chi connectivity index (χ0v) is 29.7. The molecule has 0 radical (unpaired) electrons. The van der Waals surface area contributed by atoms with Crippen molar-refractivity contribution in [2.75, 3.05) is 37.7 Å². The molecule has 4 aromatic carbocycles. The molecule has 5 aromatic rings. The lowest BCUT2D eigenvalue weighted by molar-refractivity contribution is 0.0193. The molecule has 268 valence electrons. The molecule has 0 spiro atoms. The van der Waals surface area contributed by atoms with Crippen LogP contribution in [0.1, 0.15) is 50.4 Å². The zero-order chi connectivity index (χ0) is 34.9. The van der Waals surface area contributed by atoms with Crippen molar-refractivity contribution >= 4 is 35.6 Å². The molecule has 1 fully saturated rings. The Hall–Kier alpha value is -4.96. The first-order valence-corrected chi connectivity index (χ1v) is 17.8. The number of hydrogen-bond donors (Lipinski definition) is 1. The number of halogens is 2. The maximum atomic E-state index is 15.3. The van der Waals surface area contributed by atoms with Crippen LogP contribution in [0, 0.1) is 5.82 Å². The molecule has 1 aromatic heterocycles. The summed E-state index contributed by atoms with van der Waals surface area (Å²) in [6.45, 7) is 4.84. The van der Waals surface area contributed by atoms with Crippen LogP contribution in [0.25, 0.3) is 11.3 Å². The number of benzene rings is 4. The third kappa shape index (κ3) is 6.96. The minimum absolute atomic E-state index is 0. The van der Waals surface area contributed by atoms with Gasteiger partial charge in [0.25, 0.3) is 11.8 Å². The number of nitrogens with zero attached hydrogens (tertiary/aromatic N) is 4. The zero-order valence-electron chi connectivity index (χ0n) is 28.9. The molecule has 0 aliphatic carbocycles. The van der Waals surface area contributed by atoms with Crippen molar-refractivity contribution in [2.45, 2.75) is 44.8 Å². The average Bonchev–Trinajstić information content (AvgIpc) is 3.56. The highest BCUT2D eigenvalue weighted by Gasteiger charge is 2.35. The highest BCUT2D eigenvalue weighted by atomic mass is 35.5. The van der Waals surface area contributed by atoms with Gasteiger partial charge in [0.05, 0.1) is 18.8 Å². The average molecular weight is 721 g/mol. The minimum Gasteiger partial charge on any atom is -0.508 e. The number of phenols is 1. The summed E-state index contributed by atoms with van der Waals surface area (Å²) in [5.74, 6) is -0.710. The third-order valence-corrected chi connectivity index (χ3v) is 10.5. The molecule has 4 heterocycles. The maximum absolute atomic E-state index is 15.3. The Morgan fingerprint density at radius 2 is 1.52 bits per heavy atom. The molecule has 3 aliphatic heterocycles. The fourth-order valence-corrected chi connectivity index (χ4v) is 7.91. The number of carbonyl (C=O) groups is 2. The van der Waals surface area contributed by atoms with Crippen LogP contribution in [0.3, 0.4) is 0 Å². The number of fused-ring (bicyclic) bond motifs is 2. The van der Waals surface area contributed by atoms with Crippen LogP contribution in [-0.2, 0) is 30.7 Å². The van der Waals surface area contributed by atoms with E-state index in [4.69, 9.17) is 4.74 Å². The Kier molecular flexibility index (Phi) is 10.5. The van der Waals surface area contributed by atoms with Crippen molar-refractivity contribution in [3.63, 3.8) is 0 Å². The Bertz CT molecular complexity index is 2060. The van der Waals surface area contributed by atoms with Crippen LogP contribution in [0.5, 0.6) is 5.75 Å². The van der Waals surface area contributed by atoms with Gasteiger partial charge in [-0.3, -0.25) is 19.4 Å². The van der Waals surface area contributed by atoms with E-state index in [9.17, 15) is 14.7 Å². The molecule has 8 rings (SSSR count). The second-order valence-electron chi connectivity index (χ2n) is 13.7. The standard InChI is InChI=1S/C42H41FN4O4.ClH/c43-31-13-18-36(41(49)46-27-30-9-5-4-8-29(30)24-34(46)28-44-20-22-51-23-21-44)37(25-31)40-26-38(39-12-6-7-19-45(39)40)42(50)47(32-10-2-1-3-11-32)33-14-16-35(48)17-15-33;/h1-5,8-11,13-18,25-26,34,48H,6-7,12,19-24,27-28H2;1H/t34-;/m0./s1. The lowest BCUT2D eigenvalue weighted by atomic mass is 9.92. The van der Waals surface area contributed by atoms with Gasteiger partial charge in [0.1, 0.15) is 11.6 Å². The van der Waals surface area contributed by atoms with E-state index in [0.717, 1.165) is 50.2 Å². The molecule has 0 unspecified atom stereocenters. The van der Waals surface area contributed by atoms with Crippen molar-refractivity contribution < 1.29 is 23.8 Å². The fraction of sp³-hybridized carbons (Fsp3) is 0.286. The lowest BCUT2D eigenvalue weighted by Crippen LogP contribution is -2.52. The van der Waals surface area contributed by atoms with Crippen molar-refractivity contribution in [3.05, 3.63) is 137 Å². The molecule has 2 amide bonds. The molecule has 0 saturated carbocycles. The van der Waals surface area contributed by atoms with Gasteiger partial charge in [0.2, 0.25) is 0 Å². The Labute approximate surface area is 309 Å². The maximum Gasteiger partial charge on any atom is 0.264 e. The summed E-state index contributed by atoms with van der Waals surface area (Å²) >= 11 is 0. The highest BCUT2D eigenvalue weighted by Crippen LogP contribution is 2.37. The van der Waals surface area contributed by atoms with E-state index in [1.54, 1.807) is 35.2 Å². The first kappa shape index (κ1) is 35.4. The largest absolute Gasteiger partial charge is 0.508 e. The number of aromatic nitrogens is 1. The van der Waals surface area contributed by atoms with E-state index < -0.39 is 5.82 Å². The summed E-state index contributed by atoms with van der Waals surface area (Å²) in [6, 6.07) is 30.5. The number of morpholine rings is 1. The van der Waals surface area contributed by atoms with Gasteiger partial charge < -0.3 is 19.3 Å². The number of ether oxygens (including phenoxy) is 1. The Morgan fingerprint density at radius 1 is 0.808 bits per heavy atom. The molecule has 10 heteroatoms. The molecular weight excluding hydrogens is 679 g/mol. The van der Waals surface area contributed by atoms with E-state index in [-0.39, 0.29) is 36.0 Å². The van der Waals surface area contributed by atoms with Gasteiger partial charge in [-0.15, -0.1) is 12.4 Å². The smallest absolute Gasteiger partial charge is 0.264 e. The highest BCUT2D eigenvalue weighted by molar-refractivity contribution is 6.12. The monoisotopic (exact) mass is 720 g/mol. The molecule has 1 atom stereocenters. The second kappa shape index (κ2) is 15.3. The van der Waals surface area contributed by atoms with Crippen molar-refractivity contribution in [2.24, 2.45) is 0 Å². The van der Waals surface area contributed by atoms with E-state index >= 15 is 4.39 Å². The number of carbonyl (C=O) groups excluding carboxylic acids is 2. The van der Waals surface area contributed by atoms with Crippen LogP contribution in [0.4, 0.5) is 15.8 Å². The van der Waals surface area contributed by atoms with Crippen molar-refractivity contribution in [1.82, 2.24) is 14.4 Å². The fourth-order valence-electron chi connectivity index (χ4n) is 7.91. The summed E-state index contributed by atoms with van der Waals surface area (Å²) in [4.78, 5) is 35.5. The van der Waals surface area contributed by atoms with Crippen LogP contribution < -0.4 is 4.90 Å². The molecule has 1 N–H and O–H groups in total. The molecular formula is C42H42ClFN4O4. The Morgan fingerprint density at radius 3 is 2.29 bits per heavy atom. The van der Waals surface area contributed by atoms with Crippen LogP contribution >= 0.6 is 12.4 Å².